The van der Waals surface area contributed by atoms with E-state index in [1.807, 2.05) is 0 Å². The van der Waals surface area contributed by atoms with Crippen LogP contribution in [0.3, 0.4) is 0 Å². The van der Waals surface area contributed by atoms with Crippen molar-refractivity contribution in [1.82, 2.24) is 4.98 Å². The van der Waals surface area contributed by atoms with E-state index in [0.29, 0.717) is 5.69 Å². The standard InChI is InChI=1S/C14H12F2N2O3/c1-9-4-2-7-13(17-9)21-8-11-10(14(15)16)5-3-6-12(11)18(19)20/h2-7,14H,8H2,1H3. The van der Waals surface area contributed by atoms with Crippen molar-refractivity contribution >= 4 is 5.69 Å². The summed E-state index contributed by atoms with van der Waals surface area (Å²) in [5.74, 6) is 0.230. The molecule has 0 aliphatic heterocycles. The summed E-state index contributed by atoms with van der Waals surface area (Å²) in [6.45, 7) is 1.41. The third-order valence-corrected chi connectivity index (χ3v) is 2.85. The molecule has 2 rings (SSSR count). The van der Waals surface area contributed by atoms with E-state index in [-0.39, 0.29) is 23.7 Å². The van der Waals surface area contributed by atoms with Gasteiger partial charge in [0.05, 0.1) is 10.5 Å². The van der Waals surface area contributed by atoms with Crippen molar-refractivity contribution in [1.29, 1.82) is 0 Å². The zero-order chi connectivity index (χ0) is 15.4. The molecule has 110 valence electrons. The number of hydrogen-bond donors (Lipinski definition) is 0. The number of ether oxygens (including phenoxy) is 1. The Morgan fingerprint density at radius 1 is 1.29 bits per heavy atom. The first kappa shape index (κ1) is 14.8. The van der Waals surface area contributed by atoms with Crippen molar-refractivity contribution in [3.05, 3.63) is 63.3 Å². The second-order valence-electron chi connectivity index (χ2n) is 4.31. The average Bonchev–Trinajstić information content (AvgIpc) is 2.44. The van der Waals surface area contributed by atoms with Gasteiger partial charge in [-0.05, 0) is 13.0 Å². The largest absolute Gasteiger partial charge is 0.472 e. The van der Waals surface area contributed by atoms with E-state index in [1.54, 1.807) is 25.1 Å². The predicted octanol–water partition coefficient (Wildman–Crippen LogP) is 3.81. The first-order valence-corrected chi connectivity index (χ1v) is 6.10. The lowest BCUT2D eigenvalue weighted by atomic mass is 10.1. The number of nitro groups is 1. The summed E-state index contributed by atoms with van der Waals surface area (Å²) in [7, 11) is 0. The number of aryl methyl sites for hydroxylation is 1. The van der Waals surface area contributed by atoms with Gasteiger partial charge in [0, 0.05) is 23.4 Å². The molecule has 0 spiro atoms. The molecule has 0 bridgehead atoms. The normalized spacial score (nSPS) is 10.7. The number of aromatic nitrogens is 1. The Balaban J connectivity index is 2.31. The Morgan fingerprint density at radius 3 is 2.62 bits per heavy atom. The molecule has 0 aliphatic rings. The van der Waals surface area contributed by atoms with Crippen LogP contribution in [-0.2, 0) is 6.61 Å². The molecular formula is C14H12F2N2O3. The number of pyridine rings is 1. The van der Waals surface area contributed by atoms with E-state index < -0.39 is 16.9 Å². The van der Waals surface area contributed by atoms with Crippen LogP contribution >= 0.6 is 0 Å². The van der Waals surface area contributed by atoms with Crippen LogP contribution < -0.4 is 4.74 Å². The summed E-state index contributed by atoms with van der Waals surface area (Å²) in [5, 5.41) is 11.0. The van der Waals surface area contributed by atoms with E-state index in [0.717, 1.165) is 6.07 Å². The molecule has 0 unspecified atom stereocenters. The minimum Gasteiger partial charge on any atom is -0.472 e. The molecule has 1 heterocycles. The first-order valence-electron chi connectivity index (χ1n) is 6.10. The maximum absolute atomic E-state index is 13.0. The molecule has 0 aliphatic carbocycles. The van der Waals surface area contributed by atoms with Gasteiger partial charge in [-0.15, -0.1) is 0 Å². The number of benzene rings is 1. The van der Waals surface area contributed by atoms with Crippen LogP contribution in [0.1, 0.15) is 23.2 Å². The van der Waals surface area contributed by atoms with Crippen LogP contribution in [0, 0.1) is 17.0 Å². The van der Waals surface area contributed by atoms with Crippen LogP contribution in [0.4, 0.5) is 14.5 Å². The molecule has 0 amide bonds. The van der Waals surface area contributed by atoms with Crippen molar-refractivity contribution in [3.8, 4) is 5.88 Å². The third kappa shape index (κ3) is 3.50. The van der Waals surface area contributed by atoms with Gasteiger partial charge in [0.25, 0.3) is 12.1 Å². The van der Waals surface area contributed by atoms with Gasteiger partial charge >= 0.3 is 0 Å². The number of nitrogens with zero attached hydrogens (tertiary/aromatic N) is 2. The van der Waals surface area contributed by atoms with Gasteiger partial charge in [-0.1, -0.05) is 18.2 Å². The van der Waals surface area contributed by atoms with Crippen molar-refractivity contribution in [2.45, 2.75) is 20.0 Å². The molecule has 2 aromatic rings. The zero-order valence-electron chi connectivity index (χ0n) is 11.1. The Bertz CT molecular complexity index is 662. The average molecular weight is 294 g/mol. The van der Waals surface area contributed by atoms with Crippen molar-refractivity contribution in [2.24, 2.45) is 0 Å². The lowest BCUT2D eigenvalue weighted by Crippen LogP contribution is -2.06. The molecule has 0 atom stereocenters. The summed E-state index contributed by atoms with van der Waals surface area (Å²) in [6, 6.07) is 8.57. The van der Waals surface area contributed by atoms with Gasteiger partial charge in [0.15, 0.2) is 0 Å². The van der Waals surface area contributed by atoms with Crippen molar-refractivity contribution in [3.63, 3.8) is 0 Å². The van der Waals surface area contributed by atoms with Gasteiger partial charge in [-0.25, -0.2) is 13.8 Å². The molecule has 7 heteroatoms. The third-order valence-electron chi connectivity index (χ3n) is 2.85. The van der Waals surface area contributed by atoms with E-state index >= 15 is 0 Å². The van der Waals surface area contributed by atoms with Crippen LogP contribution in [0.2, 0.25) is 0 Å². The van der Waals surface area contributed by atoms with E-state index in [2.05, 4.69) is 4.98 Å². The van der Waals surface area contributed by atoms with E-state index in [1.165, 1.54) is 12.1 Å². The molecule has 21 heavy (non-hydrogen) atoms. The number of alkyl halides is 2. The fourth-order valence-corrected chi connectivity index (χ4v) is 1.87. The Hall–Kier alpha value is -2.57. The van der Waals surface area contributed by atoms with Crippen molar-refractivity contribution in [2.75, 3.05) is 0 Å². The SMILES string of the molecule is Cc1cccc(OCc2c(C(F)F)cccc2[N+](=O)[O-])n1. The van der Waals surface area contributed by atoms with Crippen LogP contribution in [0.5, 0.6) is 5.88 Å². The quantitative estimate of drug-likeness (QED) is 0.621. The van der Waals surface area contributed by atoms with E-state index in [9.17, 15) is 18.9 Å². The highest BCUT2D eigenvalue weighted by Crippen LogP contribution is 2.30. The molecule has 0 fully saturated rings. The lowest BCUT2D eigenvalue weighted by Gasteiger charge is -2.10. The highest BCUT2D eigenvalue weighted by molar-refractivity contribution is 5.46. The summed E-state index contributed by atoms with van der Waals surface area (Å²) in [6.07, 6.45) is -2.81. The summed E-state index contributed by atoms with van der Waals surface area (Å²) < 4.78 is 31.2. The molecule has 0 radical (unpaired) electrons. The van der Waals surface area contributed by atoms with Gasteiger partial charge in [-0.3, -0.25) is 10.1 Å². The second kappa shape index (κ2) is 6.25. The number of halogens is 2. The summed E-state index contributed by atoms with van der Waals surface area (Å²) in [5.41, 5.74) is -0.234. The zero-order valence-corrected chi connectivity index (χ0v) is 11.1. The Labute approximate surface area is 119 Å². The van der Waals surface area contributed by atoms with Crippen LogP contribution in [0.15, 0.2) is 36.4 Å². The molecule has 1 aromatic carbocycles. The molecule has 5 nitrogen and oxygen atoms in total. The maximum Gasteiger partial charge on any atom is 0.276 e. The highest BCUT2D eigenvalue weighted by atomic mass is 19.3. The topological polar surface area (TPSA) is 65.3 Å². The van der Waals surface area contributed by atoms with Gasteiger partial charge in [0.1, 0.15) is 6.61 Å². The van der Waals surface area contributed by atoms with Gasteiger partial charge in [-0.2, -0.15) is 0 Å². The molecule has 1 aromatic heterocycles. The van der Waals surface area contributed by atoms with Crippen LogP contribution in [0.25, 0.3) is 0 Å². The monoisotopic (exact) mass is 294 g/mol. The number of rotatable bonds is 5. The number of nitro benzene ring substituents is 1. The summed E-state index contributed by atoms with van der Waals surface area (Å²) in [4.78, 5) is 14.3. The highest BCUT2D eigenvalue weighted by Gasteiger charge is 2.23. The van der Waals surface area contributed by atoms with Gasteiger partial charge < -0.3 is 4.74 Å². The molecule has 0 N–H and O–H groups in total. The van der Waals surface area contributed by atoms with E-state index in [4.69, 9.17) is 4.74 Å². The minimum absolute atomic E-state index is 0.138. The lowest BCUT2D eigenvalue weighted by molar-refractivity contribution is -0.385. The Morgan fingerprint density at radius 2 is 2.00 bits per heavy atom. The molecular weight excluding hydrogens is 282 g/mol. The Kier molecular flexibility index (Phi) is 4.42. The second-order valence-corrected chi connectivity index (χ2v) is 4.31. The fourth-order valence-electron chi connectivity index (χ4n) is 1.87. The minimum atomic E-state index is -2.81. The summed E-state index contributed by atoms with van der Waals surface area (Å²) >= 11 is 0. The number of hydrogen-bond acceptors (Lipinski definition) is 4. The van der Waals surface area contributed by atoms with Gasteiger partial charge in [0.2, 0.25) is 5.88 Å². The molecule has 0 saturated carbocycles. The van der Waals surface area contributed by atoms with Crippen LogP contribution in [-0.4, -0.2) is 9.91 Å². The molecule has 0 saturated heterocycles. The first-order chi connectivity index (χ1) is 9.99. The maximum atomic E-state index is 13.0. The smallest absolute Gasteiger partial charge is 0.276 e. The van der Waals surface area contributed by atoms with Crippen molar-refractivity contribution < 1.29 is 18.4 Å². The predicted molar refractivity (Wildman–Crippen MR) is 71.4 cm³/mol. The fraction of sp³-hybridized carbons (Fsp3) is 0.214.